The van der Waals surface area contributed by atoms with Gasteiger partial charge in [-0.25, -0.2) is 0 Å². The molecule has 0 unspecified atom stereocenters. The largest absolute Gasteiger partial charge is 0.328 e. The van der Waals surface area contributed by atoms with Crippen LogP contribution in [0.4, 0.5) is 0 Å². The van der Waals surface area contributed by atoms with Crippen LogP contribution in [-0.2, 0) is 0 Å². The van der Waals surface area contributed by atoms with Gasteiger partial charge in [-0.05, 0) is 34.4 Å². The van der Waals surface area contributed by atoms with E-state index in [4.69, 9.17) is 11.6 Å². The van der Waals surface area contributed by atoms with Crippen LogP contribution in [0, 0.1) is 0 Å². The molecule has 4 rings (SSSR count). The lowest BCUT2D eigenvalue weighted by Crippen LogP contribution is -2.07. The van der Waals surface area contributed by atoms with E-state index in [0.29, 0.717) is 10.4 Å². The van der Waals surface area contributed by atoms with Gasteiger partial charge in [-0.3, -0.25) is 9.59 Å². The normalized spacial score (nSPS) is 11.2. The molecule has 0 amide bonds. The van der Waals surface area contributed by atoms with Crippen LogP contribution in [0.5, 0.6) is 0 Å². The first kappa shape index (κ1) is 13.8. The number of benzene rings is 2. The summed E-state index contributed by atoms with van der Waals surface area (Å²) in [5.74, 6) is 0. The fourth-order valence-corrected chi connectivity index (χ4v) is 3.04. The SMILES string of the molecule is O=c1ccc(-c2c[nH]c(=O)c3c2ccc2ccc(Cl)cc23)c[nH]1. The highest BCUT2D eigenvalue weighted by Gasteiger charge is 2.10. The van der Waals surface area contributed by atoms with E-state index in [2.05, 4.69) is 9.97 Å². The fraction of sp³-hybridized carbons (Fsp3) is 0. The van der Waals surface area contributed by atoms with Crippen molar-refractivity contribution in [2.45, 2.75) is 0 Å². The Balaban J connectivity index is 2.16. The molecule has 0 saturated carbocycles. The van der Waals surface area contributed by atoms with Crippen LogP contribution < -0.4 is 11.1 Å². The third kappa shape index (κ3) is 2.24. The average Bonchev–Trinajstić information content (AvgIpc) is 2.56. The van der Waals surface area contributed by atoms with Crippen molar-refractivity contribution in [1.29, 1.82) is 0 Å². The second kappa shape index (κ2) is 5.11. The quantitative estimate of drug-likeness (QED) is 0.525. The molecule has 5 heteroatoms. The van der Waals surface area contributed by atoms with Gasteiger partial charge in [0.15, 0.2) is 0 Å². The lowest BCUT2D eigenvalue weighted by molar-refractivity contribution is 1.23. The second-order valence-corrected chi connectivity index (χ2v) is 5.76. The van der Waals surface area contributed by atoms with Crippen molar-refractivity contribution in [1.82, 2.24) is 9.97 Å². The van der Waals surface area contributed by atoms with Gasteiger partial charge < -0.3 is 9.97 Å². The Labute approximate surface area is 135 Å². The lowest BCUT2D eigenvalue weighted by atomic mass is 9.98. The molecule has 2 heterocycles. The summed E-state index contributed by atoms with van der Waals surface area (Å²) >= 11 is 6.09. The Morgan fingerprint density at radius 2 is 1.65 bits per heavy atom. The molecule has 0 aliphatic carbocycles. The molecule has 0 saturated heterocycles. The zero-order chi connectivity index (χ0) is 16.0. The minimum atomic E-state index is -0.167. The van der Waals surface area contributed by atoms with Crippen molar-refractivity contribution in [2.75, 3.05) is 0 Å². The summed E-state index contributed by atoms with van der Waals surface area (Å²) in [6, 6.07) is 12.6. The predicted molar refractivity (Wildman–Crippen MR) is 93.1 cm³/mol. The third-order valence-corrected chi connectivity index (χ3v) is 4.18. The number of H-pyrrole nitrogens is 2. The van der Waals surface area contributed by atoms with E-state index in [0.717, 1.165) is 27.3 Å². The maximum Gasteiger partial charge on any atom is 0.256 e. The van der Waals surface area contributed by atoms with Crippen LogP contribution in [0.25, 0.3) is 32.7 Å². The summed E-state index contributed by atoms with van der Waals surface area (Å²) in [4.78, 5) is 29.1. The number of pyridine rings is 2. The van der Waals surface area contributed by atoms with Gasteiger partial charge in [0, 0.05) is 34.6 Å². The molecule has 0 fully saturated rings. The molecule has 0 spiro atoms. The minimum Gasteiger partial charge on any atom is -0.328 e. The Morgan fingerprint density at radius 1 is 0.826 bits per heavy atom. The summed E-state index contributed by atoms with van der Waals surface area (Å²) in [5, 5.41) is 3.75. The summed E-state index contributed by atoms with van der Waals surface area (Å²) in [6.45, 7) is 0. The fourth-order valence-electron chi connectivity index (χ4n) is 2.87. The number of aromatic nitrogens is 2. The van der Waals surface area contributed by atoms with Crippen molar-refractivity contribution < 1.29 is 0 Å². The van der Waals surface area contributed by atoms with Gasteiger partial charge in [-0.15, -0.1) is 0 Å². The van der Waals surface area contributed by atoms with Crippen LogP contribution in [0.3, 0.4) is 0 Å². The standard InChI is InChI=1S/C18H11ClN2O2/c19-12-4-1-10-2-5-13-15(11-3-6-16(22)20-8-11)9-21-18(23)17(13)14(10)7-12/h1-9H,(H,20,22)(H,21,23). The van der Waals surface area contributed by atoms with Gasteiger partial charge in [0.1, 0.15) is 0 Å². The molecular weight excluding hydrogens is 312 g/mol. The molecular formula is C18H11ClN2O2. The van der Waals surface area contributed by atoms with Gasteiger partial charge >= 0.3 is 0 Å². The number of aromatic amines is 2. The van der Waals surface area contributed by atoms with Crippen LogP contribution in [0.2, 0.25) is 5.02 Å². The zero-order valence-electron chi connectivity index (χ0n) is 11.9. The van der Waals surface area contributed by atoms with E-state index in [1.54, 1.807) is 30.6 Å². The van der Waals surface area contributed by atoms with Gasteiger partial charge in [0.25, 0.3) is 5.56 Å². The molecule has 2 aromatic heterocycles. The van der Waals surface area contributed by atoms with E-state index < -0.39 is 0 Å². The average molecular weight is 323 g/mol. The number of halogens is 1. The van der Waals surface area contributed by atoms with Crippen molar-refractivity contribution in [3.63, 3.8) is 0 Å². The first-order valence-electron chi connectivity index (χ1n) is 7.06. The van der Waals surface area contributed by atoms with Crippen LogP contribution in [0.1, 0.15) is 0 Å². The molecule has 0 aliphatic rings. The summed E-state index contributed by atoms with van der Waals surface area (Å²) in [5.41, 5.74) is 1.34. The van der Waals surface area contributed by atoms with Crippen molar-refractivity contribution >= 4 is 33.1 Å². The Morgan fingerprint density at radius 3 is 2.43 bits per heavy atom. The van der Waals surface area contributed by atoms with Gasteiger partial charge in [0.05, 0.1) is 5.39 Å². The first-order valence-corrected chi connectivity index (χ1v) is 7.44. The van der Waals surface area contributed by atoms with E-state index in [9.17, 15) is 9.59 Å². The Hall–Kier alpha value is -2.85. The monoisotopic (exact) mass is 322 g/mol. The van der Waals surface area contributed by atoms with E-state index >= 15 is 0 Å². The van der Waals surface area contributed by atoms with Gasteiger partial charge in [-0.1, -0.05) is 29.8 Å². The number of rotatable bonds is 1. The molecule has 0 aliphatic heterocycles. The zero-order valence-corrected chi connectivity index (χ0v) is 12.6. The van der Waals surface area contributed by atoms with Crippen molar-refractivity contribution in [3.05, 3.63) is 80.6 Å². The molecule has 2 N–H and O–H groups in total. The molecule has 0 radical (unpaired) electrons. The van der Waals surface area contributed by atoms with Gasteiger partial charge in [-0.2, -0.15) is 0 Å². The highest BCUT2D eigenvalue weighted by Crippen LogP contribution is 2.31. The highest BCUT2D eigenvalue weighted by molar-refractivity contribution is 6.32. The second-order valence-electron chi connectivity index (χ2n) is 5.33. The molecule has 4 aromatic rings. The van der Waals surface area contributed by atoms with Crippen LogP contribution in [0.15, 0.2) is 64.4 Å². The first-order chi connectivity index (χ1) is 11.1. The van der Waals surface area contributed by atoms with E-state index in [1.165, 1.54) is 6.07 Å². The number of hydrogen-bond donors (Lipinski definition) is 2. The van der Waals surface area contributed by atoms with Crippen LogP contribution in [-0.4, -0.2) is 9.97 Å². The van der Waals surface area contributed by atoms with Gasteiger partial charge in [0.2, 0.25) is 5.56 Å². The Bertz CT molecular complexity index is 1150. The van der Waals surface area contributed by atoms with Crippen molar-refractivity contribution in [2.24, 2.45) is 0 Å². The lowest BCUT2D eigenvalue weighted by Gasteiger charge is -2.09. The highest BCUT2D eigenvalue weighted by atomic mass is 35.5. The third-order valence-electron chi connectivity index (χ3n) is 3.94. The maximum atomic E-state index is 12.4. The molecule has 0 atom stereocenters. The summed E-state index contributed by atoms with van der Waals surface area (Å²) in [6.07, 6.45) is 3.30. The van der Waals surface area contributed by atoms with E-state index in [-0.39, 0.29) is 11.1 Å². The Kier molecular flexibility index (Phi) is 3.06. The summed E-state index contributed by atoms with van der Waals surface area (Å²) in [7, 11) is 0. The molecule has 112 valence electrons. The molecule has 0 bridgehead atoms. The van der Waals surface area contributed by atoms with Crippen LogP contribution >= 0.6 is 11.6 Å². The number of fused-ring (bicyclic) bond motifs is 3. The smallest absolute Gasteiger partial charge is 0.256 e. The minimum absolute atomic E-state index is 0.166. The number of hydrogen-bond acceptors (Lipinski definition) is 2. The summed E-state index contributed by atoms with van der Waals surface area (Å²) < 4.78 is 0. The van der Waals surface area contributed by atoms with Crippen molar-refractivity contribution in [3.8, 4) is 11.1 Å². The maximum absolute atomic E-state index is 12.4. The molecule has 4 nitrogen and oxygen atoms in total. The van der Waals surface area contributed by atoms with E-state index in [1.807, 2.05) is 18.2 Å². The number of nitrogens with one attached hydrogen (secondary N) is 2. The topological polar surface area (TPSA) is 65.7 Å². The molecule has 2 aromatic carbocycles. The predicted octanol–water partition coefficient (Wildman–Crippen LogP) is 3.69. The molecule has 23 heavy (non-hydrogen) atoms.